The summed E-state index contributed by atoms with van der Waals surface area (Å²) < 4.78 is 63.7. The fraction of sp³-hybridized carbons (Fsp3) is 0.214. The molecule has 0 aliphatic carbocycles. The van der Waals surface area contributed by atoms with Gasteiger partial charge in [-0.05, 0) is 12.1 Å². The normalized spacial score (nSPS) is 12.7. The van der Waals surface area contributed by atoms with Gasteiger partial charge in [0.15, 0.2) is 15.5 Å². The van der Waals surface area contributed by atoms with Crippen LogP contribution in [-0.2, 0) is 23.1 Å². The van der Waals surface area contributed by atoms with Crippen LogP contribution in [0.1, 0.15) is 5.56 Å². The van der Waals surface area contributed by atoms with E-state index in [1.165, 1.54) is 23.0 Å². The molecule has 0 aliphatic rings. The highest BCUT2D eigenvalue weighted by Crippen LogP contribution is 2.32. The lowest BCUT2D eigenvalue weighted by atomic mass is 10.2. The topological polar surface area (TPSA) is 77.7 Å². The molecule has 0 bridgehead atoms. The minimum absolute atomic E-state index is 0.0265. The largest absolute Gasteiger partial charge is 0.417 e. The highest BCUT2D eigenvalue weighted by Gasteiger charge is 2.32. The summed E-state index contributed by atoms with van der Waals surface area (Å²) in [5.41, 5.74) is -0.424. The first kappa shape index (κ1) is 16.4. The maximum Gasteiger partial charge on any atom is 0.417 e. The number of pyridine rings is 2. The molecular weight excluding hydrogens is 345 g/mol. The van der Waals surface area contributed by atoms with Crippen molar-refractivity contribution in [3.05, 3.63) is 36.3 Å². The Morgan fingerprint density at radius 2 is 1.92 bits per heavy atom. The molecule has 3 rings (SSSR count). The van der Waals surface area contributed by atoms with Gasteiger partial charge in [0.2, 0.25) is 0 Å². The Morgan fingerprint density at radius 1 is 1.21 bits per heavy atom. The molecular formula is C14H11F3N4O2S. The Bertz CT molecular complexity index is 1040. The second kappa shape index (κ2) is 5.26. The molecule has 10 heteroatoms. The monoisotopic (exact) mass is 356 g/mol. The van der Waals surface area contributed by atoms with Crippen molar-refractivity contribution < 1.29 is 21.6 Å². The van der Waals surface area contributed by atoms with E-state index in [1.54, 1.807) is 7.05 Å². The summed E-state index contributed by atoms with van der Waals surface area (Å²) in [4.78, 5) is 11.7. The van der Waals surface area contributed by atoms with E-state index in [0.29, 0.717) is 0 Å². The quantitative estimate of drug-likeness (QED) is 0.705. The first-order valence-corrected chi connectivity index (χ1v) is 8.52. The lowest BCUT2D eigenvalue weighted by Gasteiger charge is -2.07. The molecule has 0 radical (unpaired) electrons. The highest BCUT2D eigenvalue weighted by molar-refractivity contribution is 7.90. The fourth-order valence-corrected chi connectivity index (χ4v) is 3.14. The van der Waals surface area contributed by atoms with Crippen LogP contribution >= 0.6 is 0 Å². The van der Waals surface area contributed by atoms with E-state index in [9.17, 15) is 21.6 Å². The fourth-order valence-electron chi connectivity index (χ4n) is 2.33. The second-order valence-electron chi connectivity index (χ2n) is 5.20. The molecule has 126 valence electrons. The lowest BCUT2D eigenvalue weighted by molar-refractivity contribution is -0.137. The molecule has 6 nitrogen and oxygen atoms in total. The molecule has 0 aliphatic heterocycles. The van der Waals surface area contributed by atoms with Gasteiger partial charge in [-0.25, -0.2) is 18.4 Å². The van der Waals surface area contributed by atoms with E-state index in [-0.39, 0.29) is 27.4 Å². The smallest absolute Gasteiger partial charge is 0.312 e. The Hall–Kier alpha value is -2.49. The van der Waals surface area contributed by atoms with Crippen LogP contribution in [0.4, 0.5) is 13.2 Å². The highest BCUT2D eigenvalue weighted by atomic mass is 32.2. The van der Waals surface area contributed by atoms with Crippen molar-refractivity contribution >= 4 is 21.0 Å². The zero-order chi connectivity index (χ0) is 17.7. The molecule has 3 aromatic rings. The van der Waals surface area contributed by atoms with Crippen LogP contribution in [0, 0.1) is 0 Å². The van der Waals surface area contributed by atoms with Crippen molar-refractivity contribution in [2.75, 3.05) is 6.26 Å². The SMILES string of the molecule is Cn1c(-c2ccncc2S(C)(=O)=O)nc2cc(C(F)(F)F)cnc21. The Labute approximate surface area is 134 Å². The number of hydrogen-bond acceptors (Lipinski definition) is 5. The molecule has 0 atom stereocenters. The van der Waals surface area contributed by atoms with Crippen LogP contribution in [0.3, 0.4) is 0 Å². The van der Waals surface area contributed by atoms with Gasteiger partial charge in [0, 0.05) is 37.5 Å². The van der Waals surface area contributed by atoms with E-state index in [0.717, 1.165) is 18.5 Å². The van der Waals surface area contributed by atoms with Crippen LogP contribution in [0.25, 0.3) is 22.6 Å². The van der Waals surface area contributed by atoms with Gasteiger partial charge in [-0.15, -0.1) is 0 Å². The molecule has 24 heavy (non-hydrogen) atoms. The summed E-state index contributed by atoms with van der Waals surface area (Å²) in [6, 6.07) is 2.33. The maximum absolute atomic E-state index is 12.8. The predicted molar refractivity (Wildman–Crippen MR) is 79.9 cm³/mol. The van der Waals surface area contributed by atoms with Gasteiger partial charge in [-0.1, -0.05) is 0 Å². The average molecular weight is 356 g/mol. The number of aryl methyl sites for hydroxylation is 1. The Kier molecular flexibility index (Phi) is 3.59. The van der Waals surface area contributed by atoms with Crippen LogP contribution < -0.4 is 0 Å². The lowest BCUT2D eigenvalue weighted by Crippen LogP contribution is -2.05. The summed E-state index contributed by atoms with van der Waals surface area (Å²) in [5.74, 6) is 0.194. The van der Waals surface area contributed by atoms with Gasteiger partial charge in [-0.3, -0.25) is 4.98 Å². The van der Waals surface area contributed by atoms with Crippen molar-refractivity contribution in [3.8, 4) is 11.4 Å². The number of hydrogen-bond donors (Lipinski definition) is 0. The third-order valence-corrected chi connectivity index (χ3v) is 4.59. The molecule has 0 saturated heterocycles. The van der Waals surface area contributed by atoms with Crippen LogP contribution in [0.5, 0.6) is 0 Å². The second-order valence-corrected chi connectivity index (χ2v) is 7.19. The van der Waals surface area contributed by atoms with Crippen molar-refractivity contribution in [1.29, 1.82) is 0 Å². The van der Waals surface area contributed by atoms with E-state index in [2.05, 4.69) is 15.0 Å². The first-order valence-electron chi connectivity index (χ1n) is 6.63. The Balaban J connectivity index is 2.28. The van der Waals surface area contributed by atoms with E-state index < -0.39 is 21.6 Å². The van der Waals surface area contributed by atoms with Crippen LogP contribution in [-0.4, -0.2) is 34.2 Å². The van der Waals surface area contributed by atoms with Crippen molar-refractivity contribution in [2.24, 2.45) is 7.05 Å². The number of imidazole rings is 1. The van der Waals surface area contributed by atoms with Gasteiger partial charge in [0.05, 0.1) is 10.5 Å². The van der Waals surface area contributed by atoms with Gasteiger partial charge < -0.3 is 4.57 Å². The van der Waals surface area contributed by atoms with Gasteiger partial charge >= 0.3 is 6.18 Å². The number of alkyl halides is 3. The molecule has 0 amide bonds. The average Bonchev–Trinajstić information content (AvgIpc) is 2.82. The van der Waals surface area contributed by atoms with Crippen LogP contribution in [0.2, 0.25) is 0 Å². The minimum Gasteiger partial charge on any atom is -0.312 e. The molecule has 0 saturated carbocycles. The number of rotatable bonds is 2. The van der Waals surface area contributed by atoms with Crippen molar-refractivity contribution in [2.45, 2.75) is 11.1 Å². The van der Waals surface area contributed by atoms with E-state index in [4.69, 9.17) is 0 Å². The summed E-state index contributed by atoms with van der Waals surface area (Å²) in [6.45, 7) is 0. The zero-order valence-corrected chi connectivity index (χ0v) is 13.4. The molecule has 0 fully saturated rings. The minimum atomic E-state index is -4.53. The van der Waals surface area contributed by atoms with E-state index in [1.807, 2.05) is 0 Å². The Morgan fingerprint density at radius 3 is 2.54 bits per heavy atom. The molecule has 0 unspecified atom stereocenters. The third-order valence-electron chi connectivity index (χ3n) is 3.46. The molecule has 0 aromatic carbocycles. The number of aromatic nitrogens is 4. The summed E-state index contributed by atoms with van der Waals surface area (Å²) in [7, 11) is -2.03. The van der Waals surface area contributed by atoms with Gasteiger partial charge in [0.1, 0.15) is 11.3 Å². The van der Waals surface area contributed by atoms with E-state index >= 15 is 0 Å². The molecule has 3 aromatic heterocycles. The van der Waals surface area contributed by atoms with Gasteiger partial charge in [-0.2, -0.15) is 13.2 Å². The van der Waals surface area contributed by atoms with Crippen LogP contribution in [0.15, 0.2) is 35.6 Å². The summed E-state index contributed by atoms with van der Waals surface area (Å²) >= 11 is 0. The molecule has 3 heterocycles. The van der Waals surface area contributed by atoms with Gasteiger partial charge in [0.25, 0.3) is 0 Å². The first-order chi connectivity index (χ1) is 11.1. The zero-order valence-electron chi connectivity index (χ0n) is 12.5. The molecule has 0 N–H and O–H groups in total. The number of sulfone groups is 1. The van der Waals surface area contributed by atoms with Crippen molar-refractivity contribution in [3.63, 3.8) is 0 Å². The number of nitrogens with zero attached hydrogens (tertiary/aromatic N) is 4. The standard InChI is InChI=1S/C14H11F3N4O2S/c1-21-12(9-3-4-18-7-11(9)24(2,22)23)20-10-5-8(14(15,16)17)6-19-13(10)21/h3-7H,1-2H3. The van der Waals surface area contributed by atoms with Crippen molar-refractivity contribution in [1.82, 2.24) is 19.5 Å². The summed E-state index contributed by atoms with van der Waals surface area (Å²) in [6.07, 6.45) is -0.224. The predicted octanol–water partition coefficient (Wildman–Crippen LogP) is 2.45. The number of fused-ring (bicyclic) bond motifs is 1. The summed E-state index contributed by atoms with van der Waals surface area (Å²) in [5, 5.41) is 0. The molecule has 0 spiro atoms. The third kappa shape index (κ3) is 2.73. The number of halogens is 3. The maximum atomic E-state index is 12.8.